The second kappa shape index (κ2) is 3.17. The molecule has 0 aromatic heterocycles. The van der Waals surface area contributed by atoms with Crippen LogP contribution >= 0.6 is 0 Å². The maximum atomic E-state index is 12.6. The molecule has 16 heavy (non-hydrogen) atoms. The van der Waals surface area contributed by atoms with Crippen molar-refractivity contribution in [1.82, 2.24) is 0 Å². The lowest BCUT2D eigenvalue weighted by molar-refractivity contribution is -0.135. The molecule has 92 valence electrons. The Hall–Kier alpha value is -1.15. The highest BCUT2D eigenvalue weighted by atomic mass is 19.4. The zero-order chi connectivity index (χ0) is 12.9. The molecular formula is C7HF9. The smallest absolute Gasteiger partial charge is 0.205 e. The second-order valence-corrected chi connectivity index (χ2v) is 2.88. The van der Waals surface area contributed by atoms with Crippen LogP contribution < -0.4 is 0 Å². The van der Waals surface area contributed by atoms with Gasteiger partial charge < -0.3 is 0 Å². The topological polar surface area (TPSA) is 0 Å². The number of hydrogen-bond acceptors (Lipinski definition) is 0. The Labute approximate surface area is 82.0 Å². The van der Waals surface area contributed by atoms with E-state index in [2.05, 4.69) is 0 Å². The molecule has 0 aliphatic heterocycles. The van der Waals surface area contributed by atoms with Crippen molar-refractivity contribution in [2.45, 2.75) is 18.0 Å². The van der Waals surface area contributed by atoms with Gasteiger partial charge >= 0.3 is 18.0 Å². The fraction of sp³-hybridized carbons (Fsp3) is 0.429. The van der Waals surface area contributed by atoms with Crippen molar-refractivity contribution in [1.29, 1.82) is 0 Å². The second-order valence-electron chi connectivity index (χ2n) is 2.88. The summed E-state index contributed by atoms with van der Waals surface area (Å²) in [5.74, 6) is -16.9. The van der Waals surface area contributed by atoms with Crippen molar-refractivity contribution in [3.8, 4) is 0 Å². The van der Waals surface area contributed by atoms with E-state index in [-0.39, 0.29) is 0 Å². The van der Waals surface area contributed by atoms with Gasteiger partial charge in [-0.2, -0.15) is 30.7 Å². The molecule has 0 atom stereocenters. The van der Waals surface area contributed by atoms with Gasteiger partial charge in [0.1, 0.15) is 5.57 Å². The van der Waals surface area contributed by atoms with Crippen LogP contribution in [0, 0.1) is 0 Å². The van der Waals surface area contributed by atoms with Gasteiger partial charge in [0.05, 0.1) is 0 Å². The van der Waals surface area contributed by atoms with E-state index < -0.39 is 41.3 Å². The lowest BCUT2D eigenvalue weighted by Gasteiger charge is -2.27. The predicted molar refractivity (Wildman–Crippen MR) is 33.3 cm³/mol. The summed E-state index contributed by atoms with van der Waals surface area (Å²) < 4.78 is 110. The number of halogens is 9. The van der Waals surface area contributed by atoms with Gasteiger partial charge in [0.15, 0.2) is 11.7 Å². The fourth-order valence-corrected chi connectivity index (χ4v) is 1.04. The Kier molecular flexibility index (Phi) is 2.56. The highest BCUT2D eigenvalue weighted by molar-refractivity contribution is 5.41. The molecule has 0 nitrogen and oxygen atoms in total. The summed E-state index contributed by atoms with van der Waals surface area (Å²) in [6, 6.07) is 0. The lowest BCUT2D eigenvalue weighted by atomic mass is 9.97. The monoisotopic (exact) mass is 256 g/mol. The summed E-state index contributed by atoms with van der Waals surface area (Å²) >= 11 is 0. The van der Waals surface area contributed by atoms with Crippen LogP contribution in [0.15, 0.2) is 23.3 Å². The molecule has 0 saturated heterocycles. The molecule has 1 rings (SSSR count). The summed E-state index contributed by atoms with van der Waals surface area (Å²) in [4.78, 5) is 0. The first-order valence-corrected chi connectivity index (χ1v) is 3.53. The van der Waals surface area contributed by atoms with Crippen molar-refractivity contribution in [2.24, 2.45) is 0 Å². The quantitative estimate of drug-likeness (QED) is 0.576. The third kappa shape index (κ3) is 1.78. The van der Waals surface area contributed by atoms with Gasteiger partial charge in [-0.1, -0.05) is 0 Å². The minimum atomic E-state index is -6.09. The molecule has 0 unspecified atom stereocenters. The first-order valence-electron chi connectivity index (χ1n) is 3.53. The summed E-state index contributed by atoms with van der Waals surface area (Å²) in [6.07, 6.45) is -7.28. The summed E-state index contributed by atoms with van der Waals surface area (Å²) in [7, 11) is 0. The van der Waals surface area contributed by atoms with Gasteiger partial charge in [0, 0.05) is 6.08 Å². The van der Waals surface area contributed by atoms with Gasteiger partial charge in [0.25, 0.3) is 0 Å². The molecule has 9 heteroatoms. The molecule has 0 amide bonds. The van der Waals surface area contributed by atoms with Crippen molar-refractivity contribution in [3.05, 3.63) is 23.3 Å². The van der Waals surface area contributed by atoms with Crippen LogP contribution in [0.2, 0.25) is 0 Å². The Balaban J connectivity index is 3.51. The van der Waals surface area contributed by atoms with Crippen molar-refractivity contribution in [2.75, 3.05) is 0 Å². The van der Waals surface area contributed by atoms with Crippen LogP contribution in [0.25, 0.3) is 0 Å². The Morgan fingerprint density at radius 1 is 0.938 bits per heavy atom. The molecule has 0 spiro atoms. The summed E-state index contributed by atoms with van der Waals surface area (Å²) in [5, 5.41) is 0. The third-order valence-corrected chi connectivity index (χ3v) is 1.72. The summed E-state index contributed by atoms with van der Waals surface area (Å²) in [5.41, 5.74) is -3.51. The Morgan fingerprint density at radius 3 is 1.75 bits per heavy atom. The van der Waals surface area contributed by atoms with Crippen molar-refractivity contribution in [3.63, 3.8) is 0 Å². The van der Waals surface area contributed by atoms with Crippen LogP contribution in [0.4, 0.5) is 39.5 Å². The highest BCUT2D eigenvalue weighted by Crippen LogP contribution is 2.51. The van der Waals surface area contributed by atoms with E-state index in [4.69, 9.17) is 0 Å². The number of rotatable bonds is 0. The predicted octanol–water partition coefficient (Wildman–Crippen LogP) is 3.91. The van der Waals surface area contributed by atoms with E-state index in [0.29, 0.717) is 0 Å². The Bertz CT molecular complexity index is 370. The van der Waals surface area contributed by atoms with Crippen LogP contribution in [0.1, 0.15) is 0 Å². The van der Waals surface area contributed by atoms with Crippen LogP contribution in [0.3, 0.4) is 0 Å². The molecule has 0 aromatic rings. The maximum absolute atomic E-state index is 12.6. The average molecular weight is 256 g/mol. The molecule has 0 heterocycles. The van der Waals surface area contributed by atoms with E-state index in [9.17, 15) is 39.5 Å². The number of allylic oxidation sites excluding steroid dienone is 4. The van der Waals surface area contributed by atoms with Gasteiger partial charge in [0.2, 0.25) is 0 Å². The van der Waals surface area contributed by atoms with E-state index in [1.807, 2.05) is 0 Å². The van der Waals surface area contributed by atoms with Crippen molar-refractivity contribution >= 4 is 0 Å². The third-order valence-electron chi connectivity index (χ3n) is 1.72. The average Bonchev–Trinajstić information content (AvgIpc) is 1.97. The summed E-state index contributed by atoms with van der Waals surface area (Å²) in [6.45, 7) is 0. The van der Waals surface area contributed by atoms with Crippen LogP contribution in [-0.2, 0) is 0 Å². The lowest BCUT2D eigenvalue weighted by Crippen LogP contribution is -2.39. The van der Waals surface area contributed by atoms with Gasteiger partial charge in [-0.25, -0.2) is 8.78 Å². The molecule has 0 aromatic carbocycles. The number of hydrogen-bond donors (Lipinski definition) is 0. The molecule has 0 N–H and O–H groups in total. The number of alkyl halides is 7. The molecular weight excluding hydrogens is 255 g/mol. The van der Waals surface area contributed by atoms with E-state index >= 15 is 0 Å². The van der Waals surface area contributed by atoms with Crippen LogP contribution in [-0.4, -0.2) is 18.0 Å². The van der Waals surface area contributed by atoms with E-state index in [1.165, 1.54) is 0 Å². The zero-order valence-corrected chi connectivity index (χ0v) is 6.98. The first-order chi connectivity index (χ1) is 6.90. The Morgan fingerprint density at radius 2 is 1.38 bits per heavy atom. The molecule has 1 aliphatic carbocycles. The minimum absolute atomic E-state index is 1.18. The fourth-order valence-electron chi connectivity index (χ4n) is 1.04. The van der Waals surface area contributed by atoms with Crippen molar-refractivity contribution < 1.29 is 39.5 Å². The van der Waals surface area contributed by atoms with Crippen LogP contribution in [0.5, 0.6) is 0 Å². The zero-order valence-electron chi connectivity index (χ0n) is 6.98. The molecule has 0 bridgehead atoms. The standard InChI is InChI=1S/C7HF9/c8-2-1-5(10,11)4(9)3(6(2,12)13)7(14,15)16/h1H. The first kappa shape index (κ1) is 12.9. The highest BCUT2D eigenvalue weighted by Gasteiger charge is 2.62. The van der Waals surface area contributed by atoms with Gasteiger partial charge in [-0.15, -0.1) is 0 Å². The molecule has 0 saturated carbocycles. The van der Waals surface area contributed by atoms with Gasteiger partial charge in [-0.3, -0.25) is 0 Å². The maximum Gasteiger partial charge on any atom is 0.421 e. The normalized spacial score (nSPS) is 24.4. The molecule has 0 radical (unpaired) electrons. The van der Waals surface area contributed by atoms with E-state index in [0.717, 1.165) is 0 Å². The molecule has 1 aliphatic rings. The SMILES string of the molecule is FC1=CC(F)(F)C(F)=C(C(F)(F)F)C1(F)F. The van der Waals surface area contributed by atoms with E-state index in [1.54, 1.807) is 0 Å². The minimum Gasteiger partial charge on any atom is -0.205 e. The molecule has 0 fully saturated rings. The van der Waals surface area contributed by atoms with Gasteiger partial charge in [-0.05, 0) is 0 Å². The largest absolute Gasteiger partial charge is 0.421 e.